The zero-order valence-corrected chi connectivity index (χ0v) is 19.8. The van der Waals surface area contributed by atoms with E-state index in [1.54, 1.807) is 6.08 Å². The molecule has 3 aromatic rings. The Balaban J connectivity index is 1.61. The van der Waals surface area contributed by atoms with Crippen molar-refractivity contribution >= 4 is 28.0 Å². The van der Waals surface area contributed by atoms with Crippen molar-refractivity contribution in [2.75, 3.05) is 7.11 Å². The Morgan fingerprint density at radius 2 is 1.81 bits per heavy atom. The number of carbonyl (C=O) groups is 1. The van der Waals surface area contributed by atoms with Gasteiger partial charge in [-0.05, 0) is 64.7 Å². The molecule has 4 rings (SSSR count). The molecule has 0 atom stereocenters. The predicted octanol–water partition coefficient (Wildman–Crippen LogP) is 6.58. The fourth-order valence-corrected chi connectivity index (χ4v) is 4.67. The quantitative estimate of drug-likeness (QED) is 0.274. The molecule has 0 N–H and O–H groups in total. The summed E-state index contributed by atoms with van der Waals surface area (Å²) in [4.78, 5) is 11.6. The van der Waals surface area contributed by atoms with Crippen molar-refractivity contribution in [3.05, 3.63) is 76.4 Å². The maximum Gasteiger partial charge on any atom is 0.330 e. The molecule has 6 heteroatoms. The number of hydrogen-bond donors (Lipinski definition) is 0. The molecule has 0 radical (unpaired) electrons. The second-order valence-corrected chi connectivity index (χ2v) is 8.73. The van der Waals surface area contributed by atoms with Gasteiger partial charge in [-0.25, -0.2) is 4.79 Å². The Labute approximate surface area is 197 Å². The van der Waals surface area contributed by atoms with Crippen molar-refractivity contribution < 1.29 is 14.3 Å². The molecule has 0 bridgehead atoms. The molecule has 1 saturated carbocycles. The fraction of sp³-hybridized carbons (Fsp3) is 0.308. The summed E-state index contributed by atoms with van der Waals surface area (Å²) < 4.78 is 13.7. The predicted molar refractivity (Wildman–Crippen MR) is 129 cm³/mol. The first-order chi connectivity index (χ1) is 15.7. The average Bonchev–Trinajstić information content (AvgIpc) is 3.18. The normalized spacial score (nSPS) is 14.6. The van der Waals surface area contributed by atoms with Gasteiger partial charge in [0.2, 0.25) is 0 Å². The highest BCUT2D eigenvalue weighted by Crippen LogP contribution is 2.38. The molecule has 1 heterocycles. The first kappa shape index (κ1) is 22.3. The molecule has 1 aliphatic carbocycles. The number of ether oxygens (including phenoxy) is 2. The van der Waals surface area contributed by atoms with Gasteiger partial charge in [0.15, 0.2) is 0 Å². The summed E-state index contributed by atoms with van der Waals surface area (Å²) in [5, 5.41) is 4.86. The van der Waals surface area contributed by atoms with Crippen molar-refractivity contribution in [2.45, 2.75) is 44.8 Å². The lowest BCUT2D eigenvalue weighted by atomic mass is 9.95. The molecule has 0 saturated heterocycles. The van der Waals surface area contributed by atoms with Crippen LogP contribution in [0.5, 0.6) is 5.75 Å². The molecule has 1 fully saturated rings. The van der Waals surface area contributed by atoms with E-state index in [1.165, 1.54) is 32.4 Å². The smallest absolute Gasteiger partial charge is 0.330 e. The zero-order valence-electron chi connectivity index (χ0n) is 18.2. The van der Waals surface area contributed by atoms with E-state index >= 15 is 0 Å². The van der Waals surface area contributed by atoms with Crippen LogP contribution >= 0.6 is 15.9 Å². The van der Waals surface area contributed by atoms with E-state index in [2.05, 4.69) is 44.9 Å². The van der Waals surface area contributed by atoms with Gasteiger partial charge in [0.25, 0.3) is 0 Å². The molecule has 2 aromatic carbocycles. The van der Waals surface area contributed by atoms with Gasteiger partial charge in [-0.1, -0.05) is 49.6 Å². The van der Waals surface area contributed by atoms with Gasteiger partial charge < -0.3 is 9.47 Å². The highest BCUT2D eigenvalue weighted by Gasteiger charge is 2.24. The van der Waals surface area contributed by atoms with Crippen molar-refractivity contribution in [2.24, 2.45) is 0 Å². The van der Waals surface area contributed by atoms with Crippen LogP contribution in [0.25, 0.3) is 17.3 Å². The van der Waals surface area contributed by atoms with Crippen LogP contribution in [0.2, 0.25) is 0 Å². The summed E-state index contributed by atoms with van der Waals surface area (Å²) in [5.74, 6) is 0.425. The van der Waals surface area contributed by atoms with E-state index < -0.39 is 5.97 Å². The van der Waals surface area contributed by atoms with Gasteiger partial charge >= 0.3 is 5.97 Å². The maximum absolute atomic E-state index is 11.6. The van der Waals surface area contributed by atoms with E-state index in [-0.39, 0.29) is 0 Å². The first-order valence-electron chi connectivity index (χ1n) is 11.0. The van der Waals surface area contributed by atoms with E-state index in [4.69, 9.17) is 14.6 Å². The lowest BCUT2D eigenvalue weighted by Crippen LogP contribution is -2.15. The molecule has 1 aliphatic rings. The van der Waals surface area contributed by atoms with Crippen LogP contribution in [-0.4, -0.2) is 22.9 Å². The SMILES string of the molecule is COC(=O)C=Cc1nn(C2CCCCC2)c(-c2ccc(OCc3ccccc3)cc2)c1Br. The van der Waals surface area contributed by atoms with Crippen LogP contribution in [0, 0.1) is 0 Å². The van der Waals surface area contributed by atoms with Gasteiger partial charge in [-0.2, -0.15) is 5.10 Å². The zero-order chi connectivity index (χ0) is 22.3. The molecule has 0 unspecified atom stereocenters. The fourth-order valence-electron chi connectivity index (χ4n) is 4.05. The molecule has 5 nitrogen and oxygen atoms in total. The number of hydrogen-bond acceptors (Lipinski definition) is 4. The molecule has 0 spiro atoms. The Bertz CT molecular complexity index is 1070. The number of benzene rings is 2. The lowest BCUT2D eigenvalue weighted by Gasteiger charge is -2.24. The number of esters is 1. The van der Waals surface area contributed by atoms with E-state index in [0.29, 0.717) is 12.6 Å². The summed E-state index contributed by atoms with van der Waals surface area (Å²) in [6.07, 6.45) is 9.02. The Morgan fingerprint density at radius 3 is 2.50 bits per heavy atom. The number of nitrogens with zero attached hydrogens (tertiary/aromatic N) is 2. The van der Waals surface area contributed by atoms with Gasteiger partial charge in [0.1, 0.15) is 18.1 Å². The number of rotatable bonds is 7. The molecule has 0 amide bonds. The third-order valence-corrected chi connectivity index (χ3v) is 6.53. The second-order valence-electron chi connectivity index (χ2n) is 7.94. The summed E-state index contributed by atoms with van der Waals surface area (Å²) >= 11 is 3.74. The molecule has 166 valence electrons. The largest absolute Gasteiger partial charge is 0.489 e. The maximum atomic E-state index is 11.6. The van der Waals surface area contributed by atoms with Gasteiger partial charge in [0, 0.05) is 11.6 Å². The minimum atomic E-state index is -0.398. The number of halogens is 1. The minimum absolute atomic E-state index is 0.351. The van der Waals surface area contributed by atoms with E-state index in [9.17, 15) is 4.79 Å². The third-order valence-electron chi connectivity index (χ3n) is 5.75. The summed E-state index contributed by atoms with van der Waals surface area (Å²) in [7, 11) is 1.37. The molecule has 32 heavy (non-hydrogen) atoms. The van der Waals surface area contributed by atoms with Crippen molar-refractivity contribution in [3.63, 3.8) is 0 Å². The highest BCUT2D eigenvalue weighted by molar-refractivity contribution is 9.10. The van der Waals surface area contributed by atoms with Crippen molar-refractivity contribution in [1.82, 2.24) is 9.78 Å². The first-order valence-corrected chi connectivity index (χ1v) is 11.8. The van der Waals surface area contributed by atoms with Crippen LogP contribution in [0.15, 0.2) is 65.1 Å². The Hall–Kier alpha value is -2.86. The van der Waals surface area contributed by atoms with Gasteiger partial charge in [-0.15, -0.1) is 0 Å². The van der Waals surface area contributed by atoms with E-state index in [0.717, 1.165) is 45.6 Å². The van der Waals surface area contributed by atoms with Crippen LogP contribution in [-0.2, 0) is 16.1 Å². The van der Waals surface area contributed by atoms with Gasteiger partial charge in [-0.3, -0.25) is 4.68 Å². The Kier molecular flexibility index (Phi) is 7.43. The Morgan fingerprint density at radius 1 is 1.09 bits per heavy atom. The second kappa shape index (κ2) is 10.6. The van der Waals surface area contributed by atoms with Crippen molar-refractivity contribution in [1.29, 1.82) is 0 Å². The van der Waals surface area contributed by atoms with Crippen LogP contribution in [0.4, 0.5) is 0 Å². The third kappa shape index (κ3) is 5.30. The number of carbonyl (C=O) groups excluding carboxylic acids is 1. The summed E-state index contributed by atoms with van der Waals surface area (Å²) in [6, 6.07) is 18.6. The molecular weight excluding hydrogens is 468 g/mol. The standard InChI is InChI=1S/C26H27BrN2O3/c1-31-24(30)17-16-23-25(27)26(29(28-23)21-10-6-3-7-11-21)20-12-14-22(15-13-20)32-18-19-8-4-2-5-9-19/h2,4-5,8-9,12-17,21H,3,6-7,10-11,18H2,1H3. The van der Waals surface area contributed by atoms with Crippen LogP contribution in [0.1, 0.15) is 49.4 Å². The monoisotopic (exact) mass is 494 g/mol. The van der Waals surface area contributed by atoms with Crippen molar-refractivity contribution in [3.8, 4) is 17.0 Å². The van der Waals surface area contributed by atoms with Crippen LogP contribution < -0.4 is 4.74 Å². The van der Waals surface area contributed by atoms with Gasteiger partial charge in [0.05, 0.1) is 23.3 Å². The molecule has 0 aliphatic heterocycles. The van der Waals surface area contributed by atoms with Crippen LogP contribution in [0.3, 0.4) is 0 Å². The number of aromatic nitrogens is 2. The summed E-state index contributed by atoms with van der Waals surface area (Å²) in [5.41, 5.74) is 3.94. The van der Waals surface area contributed by atoms with E-state index in [1.807, 2.05) is 30.3 Å². The average molecular weight is 495 g/mol. The summed E-state index contributed by atoms with van der Waals surface area (Å²) in [6.45, 7) is 0.534. The number of methoxy groups -OCH3 is 1. The minimum Gasteiger partial charge on any atom is -0.489 e. The topological polar surface area (TPSA) is 53.3 Å². The molecule has 1 aromatic heterocycles. The highest BCUT2D eigenvalue weighted by atomic mass is 79.9. The lowest BCUT2D eigenvalue weighted by molar-refractivity contribution is -0.134. The molecular formula is C26H27BrN2O3.